The van der Waals surface area contributed by atoms with Crippen molar-refractivity contribution in [2.75, 3.05) is 26.7 Å². The predicted molar refractivity (Wildman–Crippen MR) is 106 cm³/mol. The Morgan fingerprint density at radius 3 is 2.67 bits per heavy atom. The van der Waals surface area contributed by atoms with E-state index in [1.54, 1.807) is 9.80 Å². The number of hydrogen-bond acceptors (Lipinski definition) is 3. The number of fused-ring (bicyclic) bond motifs is 1. The first kappa shape index (κ1) is 20.1. The number of hydrogen-bond donors (Lipinski definition) is 1. The molecule has 2 aliphatic heterocycles. The molecule has 2 atom stereocenters. The van der Waals surface area contributed by atoms with Crippen LogP contribution in [0.4, 0.5) is 18.4 Å². The standard InChI is InChI=1S/C22H23F2N3O3/c1-25-21(28)30-16-9-10-26(13-16)22(29)27-11-8-14-4-2-3-5-17(14)20(27)18-7-6-15(23)12-19(18)24/h2-7,12,16,20H,8-11,13H2,1H3,(H,25,28)/t16-,20?/m1/s1. The molecule has 2 heterocycles. The third-order valence-electron chi connectivity index (χ3n) is 5.68. The number of benzene rings is 2. The maximum atomic E-state index is 14.7. The lowest BCUT2D eigenvalue weighted by Crippen LogP contribution is -2.47. The molecule has 0 bridgehead atoms. The first-order valence-corrected chi connectivity index (χ1v) is 9.94. The monoisotopic (exact) mass is 415 g/mol. The van der Waals surface area contributed by atoms with E-state index in [1.165, 1.54) is 19.2 Å². The highest BCUT2D eigenvalue weighted by Gasteiger charge is 2.38. The smallest absolute Gasteiger partial charge is 0.407 e. The summed E-state index contributed by atoms with van der Waals surface area (Å²) in [5.41, 5.74) is 2.13. The maximum Gasteiger partial charge on any atom is 0.407 e. The summed E-state index contributed by atoms with van der Waals surface area (Å²) >= 11 is 0. The minimum Gasteiger partial charge on any atom is -0.444 e. The number of carbonyl (C=O) groups excluding carboxylic acids is 2. The van der Waals surface area contributed by atoms with E-state index in [-0.39, 0.29) is 24.2 Å². The third kappa shape index (κ3) is 3.81. The van der Waals surface area contributed by atoms with Crippen molar-refractivity contribution in [3.05, 3.63) is 70.8 Å². The molecule has 2 aliphatic rings. The van der Waals surface area contributed by atoms with Gasteiger partial charge < -0.3 is 19.9 Å². The molecule has 158 valence electrons. The highest BCUT2D eigenvalue weighted by atomic mass is 19.1. The van der Waals surface area contributed by atoms with Gasteiger partial charge in [-0.25, -0.2) is 18.4 Å². The van der Waals surface area contributed by atoms with Crippen LogP contribution in [-0.2, 0) is 11.2 Å². The topological polar surface area (TPSA) is 61.9 Å². The van der Waals surface area contributed by atoms with E-state index in [0.717, 1.165) is 17.2 Å². The molecule has 0 aromatic heterocycles. The fourth-order valence-electron chi connectivity index (χ4n) is 4.22. The highest BCUT2D eigenvalue weighted by molar-refractivity contribution is 5.77. The zero-order valence-electron chi connectivity index (χ0n) is 16.6. The minimum absolute atomic E-state index is 0.249. The van der Waals surface area contributed by atoms with Crippen molar-refractivity contribution in [2.24, 2.45) is 0 Å². The van der Waals surface area contributed by atoms with Crippen molar-refractivity contribution < 1.29 is 23.1 Å². The van der Waals surface area contributed by atoms with Crippen LogP contribution in [0.1, 0.15) is 29.2 Å². The van der Waals surface area contributed by atoms with Gasteiger partial charge in [0.25, 0.3) is 0 Å². The van der Waals surface area contributed by atoms with E-state index >= 15 is 0 Å². The number of urea groups is 1. The molecule has 1 fully saturated rings. The van der Waals surface area contributed by atoms with Gasteiger partial charge in [-0.05, 0) is 23.6 Å². The van der Waals surface area contributed by atoms with Crippen LogP contribution in [0, 0.1) is 11.6 Å². The third-order valence-corrected chi connectivity index (χ3v) is 5.68. The Morgan fingerprint density at radius 1 is 1.10 bits per heavy atom. The second kappa shape index (κ2) is 8.30. The Labute approximate surface area is 173 Å². The number of alkyl carbamates (subject to hydrolysis) is 1. The van der Waals surface area contributed by atoms with Gasteiger partial charge in [-0.1, -0.05) is 30.3 Å². The second-order valence-corrected chi connectivity index (χ2v) is 7.51. The molecule has 8 heteroatoms. The quantitative estimate of drug-likeness (QED) is 0.817. The van der Waals surface area contributed by atoms with Crippen LogP contribution >= 0.6 is 0 Å². The zero-order valence-corrected chi connectivity index (χ0v) is 16.6. The van der Waals surface area contributed by atoms with Crippen LogP contribution in [0.25, 0.3) is 0 Å². The molecule has 2 aromatic rings. The first-order valence-electron chi connectivity index (χ1n) is 9.94. The van der Waals surface area contributed by atoms with Crippen molar-refractivity contribution >= 4 is 12.1 Å². The Kier molecular flexibility index (Phi) is 5.57. The molecule has 0 aliphatic carbocycles. The van der Waals surface area contributed by atoms with Gasteiger partial charge in [0.2, 0.25) is 0 Å². The largest absolute Gasteiger partial charge is 0.444 e. The summed E-state index contributed by atoms with van der Waals surface area (Å²) in [4.78, 5) is 28.1. The van der Waals surface area contributed by atoms with Gasteiger partial charge in [-0.15, -0.1) is 0 Å². The molecule has 2 aromatic carbocycles. The van der Waals surface area contributed by atoms with Crippen LogP contribution < -0.4 is 5.32 Å². The van der Waals surface area contributed by atoms with Gasteiger partial charge in [-0.3, -0.25) is 0 Å². The fraction of sp³-hybridized carbons (Fsp3) is 0.364. The molecule has 1 N–H and O–H groups in total. The molecule has 3 amide bonds. The normalized spacial score (nSPS) is 20.6. The SMILES string of the molecule is CNC(=O)O[C@@H]1CCN(C(=O)N2CCc3ccccc3C2c2ccc(F)cc2F)C1. The number of halogens is 2. The minimum atomic E-state index is -0.684. The van der Waals surface area contributed by atoms with Crippen LogP contribution in [0.15, 0.2) is 42.5 Å². The Bertz CT molecular complexity index is 968. The number of rotatable bonds is 2. The lowest BCUT2D eigenvalue weighted by molar-refractivity contribution is 0.0987. The number of nitrogens with one attached hydrogen (secondary N) is 1. The molecule has 6 nitrogen and oxygen atoms in total. The van der Waals surface area contributed by atoms with E-state index in [4.69, 9.17) is 4.74 Å². The fourth-order valence-corrected chi connectivity index (χ4v) is 4.22. The molecule has 0 radical (unpaired) electrons. The van der Waals surface area contributed by atoms with Gasteiger partial charge in [0, 0.05) is 38.2 Å². The van der Waals surface area contributed by atoms with Gasteiger partial charge in [0.05, 0.1) is 12.6 Å². The van der Waals surface area contributed by atoms with E-state index in [0.29, 0.717) is 25.9 Å². The van der Waals surface area contributed by atoms with Crippen molar-refractivity contribution in [3.8, 4) is 0 Å². The maximum absolute atomic E-state index is 14.7. The van der Waals surface area contributed by atoms with Crippen LogP contribution in [0.5, 0.6) is 0 Å². The number of likely N-dealkylation sites (tertiary alicyclic amines) is 1. The number of carbonyl (C=O) groups is 2. The molecular weight excluding hydrogens is 392 g/mol. The predicted octanol–water partition coefficient (Wildman–Crippen LogP) is 3.46. The van der Waals surface area contributed by atoms with Crippen molar-refractivity contribution in [1.82, 2.24) is 15.1 Å². The van der Waals surface area contributed by atoms with E-state index in [2.05, 4.69) is 5.32 Å². The van der Waals surface area contributed by atoms with E-state index in [1.807, 2.05) is 24.3 Å². The van der Waals surface area contributed by atoms with Gasteiger partial charge in [0.1, 0.15) is 17.7 Å². The zero-order chi connectivity index (χ0) is 21.3. The highest BCUT2D eigenvalue weighted by Crippen LogP contribution is 2.37. The van der Waals surface area contributed by atoms with Gasteiger partial charge >= 0.3 is 12.1 Å². The molecule has 0 saturated carbocycles. The molecule has 30 heavy (non-hydrogen) atoms. The Balaban J connectivity index is 1.63. The van der Waals surface area contributed by atoms with Crippen LogP contribution in [0.3, 0.4) is 0 Å². The summed E-state index contributed by atoms with van der Waals surface area (Å²) in [5, 5.41) is 2.40. The number of nitrogens with zero attached hydrogens (tertiary/aromatic N) is 2. The summed E-state index contributed by atoms with van der Waals surface area (Å²) in [6.45, 7) is 1.13. The molecular formula is C22H23F2N3O3. The summed E-state index contributed by atoms with van der Waals surface area (Å²) in [6.07, 6.45) is 0.270. The molecule has 1 unspecified atom stereocenters. The van der Waals surface area contributed by atoms with Gasteiger partial charge in [-0.2, -0.15) is 0 Å². The number of ether oxygens (including phenoxy) is 1. The van der Waals surface area contributed by atoms with Gasteiger partial charge in [0.15, 0.2) is 0 Å². The lowest BCUT2D eigenvalue weighted by Gasteiger charge is -2.39. The molecule has 4 rings (SSSR count). The first-order chi connectivity index (χ1) is 14.5. The lowest BCUT2D eigenvalue weighted by atomic mass is 9.88. The van der Waals surface area contributed by atoms with Crippen molar-refractivity contribution in [1.29, 1.82) is 0 Å². The number of amides is 3. The van der Waals surface area contributed by atoms with Crippen LogP contribution in [-0.4, -0.2) is 54.7 Å². The average Bonchev–Trinajstić information content (AvgIpc) is 3.21. The Morgan fingerprint density at radius 2 is 1.90 bits per heavy atom. The second-order valence-electron chi connectivity index (χ2n) is 7.51. The Hall–Kier alpha value is -3.16. The summed E-state index contributed by atoms with van der Waals surface area (Å²) < 4.78 is 33.5. The van der Waals surface area contributed by atoms with Crippen molar-refractivity contribution in [3.63, 3.8) is 0 Å². The van der Waals surface area contributed by atoms with Crippen molar-refractivity contribution in [2.45, 2.75) is 25.0 Å². The summed E-state index contributed by atoms with van der Waals surface area (Å²) in [7, 11) is 1.48. The van der Waals surface area contributed by atoms with E-state index in [9.17, 15) is 18.4 Å². The summed E-state index contributed by atoms with van der Waals surface area (Å²) in [6, 6.07) is 10.2. The van der Waals surface area contributed by atoms with E-state index < -0.39 is 23.8 Å². The molecule has 1 saturated heterocycles. The summed E-state index contributed by atoms with van der Waals surface area (Å²) in [5.74, 6) is -1.34. The molecule has 0 spiro atoms. The van der Waals surface area contributed by atoms with Crippen LogP contribution in [0.2, 0.25) is 0 Å². The average molecular weight is 415 g/mol.